The maximum atomic E-state index is 11.1. The van der Waals surface area contributed by atoms with Crippen LogP contribution < -0.4 is 4.74 Å². The minimum atomic E-state index is -1.36. The number of halogens is 1. The van der Waals surface area contributed by atoms with E-state index in [1.165, 1.54) is 12.1 Å². The van der Waals surface area contributed by atoms with E-state index in [0.29, 0.717) is 0 Å². The summed E-state index contributed by atoms with van der Waals surface area (Å²) in [6.07, 6.45) is 0. The Labute approximate surface area is 123 Å². The lowest BCUT2D eigenvalue weighted by atomic mass is 10.2. The molecule has 110 valence electrons. The van der Waals surface area contributed by atoms with Gasteiger partial charge in [-0.05, 0) is 19.1 Å². The van der Waals surface area contributed by atoms with E-state index in [1.54, 1.807) is 6.92 Å². The minimum absolute atomic E-state index is 0.0119. The van der Waals surface area contributed by atoms with Crippen LogP contribution >= 0.6 is 11.6 Å². The first-order valence-electron chi connectivity index (χ1n) is 5.75. The maximum Gasteiger partial charge on any atom is 0.362 e. The smallest absolute Gasteiger partial charge is 0.362 e. The lowest BCUT2D eigenvalue weighted by Gasteiger charge is -1.99. The molecule has 1 aromatic heterocycles. The van der Waals surface area contributed by atoms with Crippen molar-refractivity contribution in [1.82, 2.24) is 4.98 Å². The van der Waals surface area contributed by atoms with Gasteiger partial charge in [0.25, 0.3) is 5.69 Å². The van der Waals surface area contributed by atoms with Crippen LogP contribution in [-0.4, -0.2) is 27.6 Å². The summed E-state index contributed by atoms with van der Waals surface area (Å²) in [4.78, 5) is 25.2. The highest BCUT2D eigenvalue weighted by Gasteiger charge is 2.26. The van der Waals surface area contributed by atoms with Crippen LogP contribution in [0, 0.1) is 10.1 Å². The third-order valence-corrected chi connectivity index (χ3v) is 2.70. The van der Waals surface area contributed by atoms with Crippen LogP contribution in [0.25, 0.3) is 11.5 Å². The Morgan fingerprint density at radius 3 is 2.86 bits per heavy atom. The van der Waals surface area contributed by atoms with Crippen LogP contribution in [0.3, 0.4) is 0 Å². The second kappa shape index (κ2) is 5.80. The number of aromatic nitrogens is 1. The van der Waals surface area contributed by atoms with Gasteiger partial charge in [0.05, 0.1) is 11.5 Å². The summed E-state index contributed by atoms with van der Waals surface area (Å²) in [6, 6.07) is 3.87. The number of hydrogen-bond donors (Lipinski definition) is 1. The summed E-state index contributed by atoms with van der Waals surface area (Å²) < 4.78 is 10.2. The largest absolute Gasteiger partial charge is 0.476 e. The fourth-order valence-electron chi connectivity index (χ4n) is 1.62. The van der Waals surface area contributed by atoms with Crippen LogP contribution in [0.2, 0.25) is 5.02 Å². The normalized spacial score (nSPS) is 10.4. The van der Waals surface area contributed by atoms with E-state index in [-0.39, 0.29) is 34.7 Å². The number of rotatable bonds is 5. The molecule has 0 aliphatic heterocycles. The van der Waals surface area contributed by atoms with Crippen molar-refractivity contribution in [3.05, 3.63) is 39.0 Å². The number of nitro groups is 1. The molecule has 0 bridgehead atoms. The molecule has 1 N–H and O–H groups in total. The molecule has 8 nitrogen and oxygen atoms in total. The zero-order valence-corrected chi connectivity index (χ0v) is 11.5. The van der Waals surface area contributed by atoms with Gasteiger partial charge in [-0.25, -0.2) is 4.79 Å². The van der Waals surface area contributed by atoms with E-state index in [4.69, 9.17) is 25.9 Å². The van der Waals surface area contributed by atoms with Gasteiger partial charge in [-0.2, -0.15) is 4.98 Å². The molecule has 0 amide bonds. The molecule has 1 heterocycles. The van der Waals surface area contributed by atoms with E-state index in [2.05, 4.69) is 4.98 Å². The number of hydrogen-bond acceptors (Lipinski definition) is 6. The Morgan fingerprint density at radius 1 is 1.57 bits per heavy atom. The van der Waals surface area contributed by atoms with Crippen molar-refractivity contribution >= 4 is 23.3 Å². The van der Waals surface area contributed by atoms with E-state index >= 15 is 0 Å². The van der Waals surface area contributed by atoms with E-state index < -0.39 is 16.6 Å². The minimum Gasteiger partial charge on any atom is -0.476 e. The summed E-state index contributed by atoms with van der Waals surface area (Å²) in [5, 5.41) is 20.2. The Kier molecular flexibility index (Phi) is 4.08. The Morgan fingerprint density at radius 2 is 2.29 bits per heavy atom. The molecule has 0 atom stereocenters. The Bertz CT molecular complexity index is 712. The van der Waals surface area contributed by atoms with Gasteiger partial charge in [-0.1, -0.05) is 11.6 Å². The first-order valence-corrected chi connectivity index (χ1v) is 6.13. The molecule has 1 aromatic carbocycles. The average molecular weight is 313 g/mol. The summed E-state index contributed by atoms with van der Waals surface area (Å²) in [5.41, 5.74) is -0.780. The molecule has 0 aliphatic carbocycles. The molecule has 0 saturated heterocycles. The zero-order chi connectivity index (χ0) is 15.6. The number of carboxylic acids is 1. The molecule has 2 rings (SSSR count). The second-order valence-electron chi connectivity index (χ2n) is 3.81. The van der Waals surface area contributed by atoms with Crippen LogP contribution in [0.15, 0.2) is 22.6 Å². The third kappa shape index (κ3) is 2.95. The fraction of sp³-hybridized carbons (Fsp3) is 0.167. The predicted octanol–water partition coefficient (Wildman–Crippen LogP) is 3.00. The molecule has 9 heteroatoms. The van der Waals surface area contributed by atoms with E-state index in [0.717, 1.165) is 6.07 Å². The van der Waals surface area contributed by atoms with Gasteiger partial charge in [0.1, 0.15) is 5.56 Å². The van der Waals surface area contributed by atoms with Crippen molar-refractivity contribution < 1.29 is 24.0 Å². The number of benzene rings is 1. The zero-order valence-electron chi connectivity index (χ0n) is 10.7. The highest BCUT2D eigenvalue weighted by Crippen LogP contribution is 2.34. The lowest BCUT2D eigenvalue weighted by Crippen LogP contribution is -2.01. The van der Waals surface area contributed by atoms with Crippen LogP contribution in [0.1, 0.15) is 17.4 Å². The predicted molar refractivity (Wildman–Crippen MR) is 71.7 cm³/mol. The van der Waals surface area contributed by atoms with Crippen molar-refractivity contribution in [2.45, 2.75) is 6.92 Å². The molecule has 2 aromatic rings. The number of nitrogens with zero attached hydrogens (tertiary/aromatic N) is 2. The molecule has 0 aliphatic rings. The summed E-state index contributed by atoms with van der Waals surface area (Å²) in [5.74, 6) is -1.88. The summed E-state index contributed by atoms with van der Waals surface area (Å²) in [6.45, 7) is 1.80. The number of aromatic carboxylic acids is 1. The number of nitro benzene ring substituents is 1. The number of ether oxygens (including phenoxy) is 1. The fourth-order valence-corrected chi connectivity index (χ4v) is 1.79. The topological polar surface area (TPSA) is 116 Å². The standard InChI is InChI=1S/C12H9ClN2O6/c1-2-20-12-9(11(16)17)14-10(21-12)7-4-3-6(13)5-8(7)15(18)19/h3-5H,2H2,1H3,(H,16,17). The highest BCUT2D eigenvalue weighted by molar-refractivity contribution is 6.30. The monoisotopic (exact) mass is 312 g/mol. The van der Waals surface area contributed by atoms with E-state index in [9.17, 15) is 14.9 Å². The van der Waals surface area contributed by atoms with Crippen molar-refractivity contribution in [2.24, 2.45) is 0 Å². The lowest BCUT2D eigenvalue weighted by molar-refractivity contribution is -0.384. The molecule has 0 fully saturated rings. The van der Waals surface area contributed by atoms with Gasteiger partial charge in [-0.3, -0.25) is 10.1 Å². The number of oxazole rings is 1. The second-order valence-corrected chi connectivity index (χ2v) is 4.25. The van der Waals surface area contributed by atoms with Crippen molar-refractivity contribution in [1.29, 1.82) is 0 Å². The van der Waals surface area contributed by atoms with E-state index in [1.807, 2.05) is 0 Å². The molecular weight excluding hydrogens is 304 g/mol. The quantitative estimate of drug-likeness (QED) is 0.666. The summed E-state index contributed by atoms with van der Waals surface area (Å²) >= 11 is 5.71. The number of carboxylic acid groups (broad SMARTS) is 1. The van der Waals surface area contributed by atoms with Gasteiger partial charge in [0, 0.05) is 11.1 Å². The third-order valence-electron chi connectivity index (χ3n) is 2.46. The van der Waals surface area contributed by atoms with Crippen molar-refractivity contribution in [2.75, 3.05) is 6.61 Å². The van der Waals surface area contributed by atoms with Crippen LogP contribution in [-0.2, 0) is 0 Å². The Balaban J connectivity index is 2.59. The van der Waals surface area contributed by atoms with Gasteiger partial charge in [0.15, 0.2) is 0 Å². The SMILES string of the molecule is CCOc1oc(-c2ccc(Cl)cc2[N+](=O)[O-])nc1C(=O)O. The first kappa shape index (κ1) is 14.8. The van der Waals surface area contributed by atoms with Crippen molar-refractivity contribution in [3.63, 3.8) is 0 Å². The summed E-state index contributed by atoms with van der Waals surface area (Å²) in [7, 11) is 0. The Hall–Kier alpha value is -2.61. The molecule has 21 heavy (non-hydrogen) atoms. The van der Waals surface area contributed by atoms with Gasteiger partial charge in [0.2, 0.25) is 11.6 Å². The highest BCUT2D eigenvalue weighted by atomic mass is 35.5. The first-order chi connectivity index (χ1) is 9.93. The van der Waals surface area contributed by atoms with Gasteiger partial charge in [-0.15, -0.1) is 0 Å². The van der Waals surface area contributed by atoms with Crippen molar-refractivity contribution in [3.8, 4) is 17.4 Å². The van der Waals surface area contributed by atoms with Crippen LogP contribution in [0.4, 0.5) is 5.69 Å². The average Bonchev–Trinajstić information content (AvgIpc) is 2.83. The van der Waals surface area contributed by atoms with Gasteiger partial charge >= 0.3 is 11.9 Å². The molecule has 0 spiro atoms. The maximum absolute atomic E-state index is 11.1. The molecule has 0 unspecified atom stereocenters. The van der Waals surface area contributed by atoms with Crippen LogP contribution in [0.5, 0.6) is 5.95 Å². The molecule has 0 radical (unpaired) electrons. The van der Waals surface area contributed by atoms with Gasteiger partial charge < -0.3 is 14.3 Å². The molecular formula is C12H9ClN2O6. The number of carbonyl (C=O) groups is 1. The molecule has 0 saturated carbocycles.